The van der Waals surface area contributed by atoms with Gasteiger partial charge in [-0.25, -0.2) is 13.8 Å². The number of halogens is 2. The minimum absolute atomic E-state index is 0.133. The van der Waals surface area contributed by atoms with Gasteiger partial charge in [-0.15, -0.1) is 0 Å². The average Bonchev–Trinajstić information content (AvgIpc) is 2.94. The fourth-order valence-corrected chi connectivity index (χ4v) is 1.89. The number of aromatic nitrogens is 1. The van der Waals surface area contributed by atoms with Crippen molar-refractivity contribution in [3.63, 3.8) is 0 Å². The molecule has 0 atom stereocenters. The standard InChI is InChI=1S/C15H10F2N2O/c16-10-6-7-11(18)14(17)13(10)15-19-8-12(20-15)9-4-2-1-3-5-9/h1-8H,18H2. The predicted molar refractivity (Wildman–Crippen MR) is 71.7 cm³/mol. The predicted octanol–water partition coefficient (Wildman–Crippen LogP) is 3.87. The van der Waals surface area contributed by atoms with Crippen molar-refractivity contribution >= 4 is 5.69 Å². The molecule has 0 spiro atoms. The quantitative estimate of drug-likeness (QED) is 0.720. The number of hydrogen-bond acceptors (Lipinski definition) is 3. The average molecular weight is 272 g/mol. The fourth-order valence-electron chi connectivity index (χ4n) is 1.89. The van der Waals surface area contributed by atoms with E-state index in [1.54, 1.807) is 0 Å². The first-order valence-corrected chi connectivity index (χ1v) is 5.92. The lowest BCUT2D eigenvalue weighted by atomic mass is 10.1. The van der Waals surface area contributed by atoms with Crippen LogP contribution in [0, 0.1) is 11.6 Å². The van der Waals surface area contributed by atoms with Gasteiger partial charge in [-0.3, -0.25) is 0 Å². The fraction of sp³-hybridized carbons (Fsp3) is 0. The van der Waals surface area contributed by atoms with Crippen LogP contribution < -0.4 is 5.73 Å². The lowest BCUT2D eigenvalue weighted by molar-refractivity contribution is 0.551. The molecule has 0 unspecified atom stereocenters. The molecular weight excluding hydrogens is 262 g/mol. The van der Waals surface area contributed by atoms with Crippen molar-refractivity contribution in [1.82, 2.24) is 4.98 Å². The highest BCUT2D eigenvalue weighted by Crippen LogP contribution is 2.31. The Bertz CT molecular complexity index is 754. The first kappa shape index (κ1) is 12.3. The number of nitrogens with two attached hydrogens (primary N) is 1. The molecule has 1 heterocycles. The van der Waals surface area contributed by atoms with Crippen LogP contribution >= 0.6 is 0 Å². The van der Waals surface area contributed by atoms with Crippen LogP contribution in [0.2, 0.25) is 0 Å². The summed E-state index contributed by atoms with van der Waals surface area (Å²) in [6.07, 6.45) is 1.42. The minimum atomic E-state index is -0.869. The van der Waals surface area contributed by atoms with Crippen LogP contribution in [0.15, 0.2) is 53.1 Å². The van der Waals surface area contributed by atoms with Crippen molar-refractivity contribution < 1.29 is 13.2 Å². The molecule has 0 saturated heterocycles. The van der Waals surface area contributed by atoms with Crippen LogP contribution in [0.4, 0.5) is 14.5 Å². The third-order valence-electron chi connectivity index (χ3n) is 2.90. The third-order valence-corrected chi connectivity index (χ3v) is 2.90. The molecule has 0 saturated carbocycles. The minimum Gasteiger partial charge on any atom is -0.436 e. The normalized spacial score (nSPS) is 10.7. The molecule has 20 heavy (non-hydrogen) atoms. The van der Waals surface area contributed by atoms with Crippen LogP contribution in [0.1, 0.15) is 0 Å². The molecule has 100 valence electrons. The summed E-state index contributed by atoms with van der Waals surface area (Å²) in [4.78, 5) is 3.92. The van der Waals surface area contributed by atoms with E-state index in [0.717, 1.165) is 17.7 Å². The smallest absolute Gasteiger partial charge is 0.232 e. The van der Waals surface area contributed by atoms with Crippen LogP contribution in [-0.4, -0.2) is 4.98 Å². The van der Waals surface area contributed by atoms with E-state index in [-0.39, 0.29) is 17.1 Å². The van der Waals surface area contributed by atoms with Gasteiger partial charge in [0.25, 0.3) is 0 Å². The molecule has 3 rings (SSSR count). The van der Waals surface area contributed by atoms with Gasteiger partial charge in [-0.1, -0.05) is 30.3 Å². The monoisotopic (exact) mass is 272 g/mol. The number of anilines is 1. The van der Waals surface area contributed by atoms with Crippen LogP contribution in [-0.2, 0) is 0 Å². The summed E-state index contributed by atoms with van der Waals surface area (Å²) < 4.78 is 33.1. The van der Waals surface area contributed by atoms with E-state index >= 15 is 0 Å². The highest BCUT2D eigenvalue weighted by molar-refractivity contribution is 5.65. The van der Waals surface area contributed by atoms with Gasteiger partial charge < -0.3 is 10.2 Å². The molecule has 0 aliphatic heterocycles. The Morgan fingerprint density at radius 3 is 2.50 bits per heavy atom. The maximum absolute atomic E-state index is 13.9. The van der Waals surface area contributed by atoms with E-state index in [4.69, 9.17) is 10.2 Å². The summed E-state index contributed by atoms with van der Waals surface area (Å²) in [6.45, 7) is 0. The highest BCUT2D eigenvalue weighted by atomic mass is 19.1. The second kappa shape index (κ2) is 4.77. The van der Waals surface area contributed by atoms with Gasteiger partial charge >= 0.3 is 0 Å². The van der Waals surface area contributed by atoms with Crippen molar-refractivity contribution in [3.8, 4) is 22.8 Å². The SMILES string of the molecule is Nc1ccc(F)c(-c2ncc(-c3ccccc3)o2)c1F. The lowest BCUT2D eigenvalue weighted by Gasteiger charge is -2.03. The molecule has 0 fully saturated rings. The number of hydrogen-bond donors (Lipinski definition) is 1. The number of nitrogen functional groups attached to an aromatic ring is 1. The molecule has 0 amide bonds. The molecule has 0 bridgehead atoms. The van der Waals surface area contributed by atoms with Gasteiger partial charge in [0.2, 0.25) is 5.89 Å². The van der Waals surface area contributed by atoms with Gasteiger partial charge in [0.15, 0.2) is 11.6 Å². The zero-order chi connectivity index (χ0) is 14.1. The molecular formula is C15H10F2N2O. The Morgan fingerprint density at radius 1 is 1.00 bits per heavy atom. The summed E-state index contributed by atoms with van der Waals surface area (Å²) in [6, 6.07) is 11.4. The molecule has 0 radical (unpaired) electrons. The van der Waals surface area contributed by atoms with Crippen LogP contribution in [0.5, 0.6) is 0 Å². The summed E-state index contributed by atoms with van der Waals surface area (Å²) >= 11 is 0. The van der Waals surface area contributed by atoms with Crippen molar-refractivity contribution in [1.29, 1.82) is 0 Å². The van der Waals surface area contributed by atoms with Crippen molar-refractivity contribution in [2.24, 2.45) is 0 Å². The van der Waals surface area contributed by atoms with E-state index in [9.17, 15) is 8.78 Å². The Morgan fingerprint density at radius 2 is 1.75 bits per heavy atom. The van der Waals surface area contributed by atoms with Crippen molar-refractivity contribution in [3.05, 3.63) is 60.3 Å². The number of nitrogens with zero attached hydrogens (tertiary/aromatic N) is 1. The number of rotatable bonds is 2. The zero-order valence-electron chi connectivity index (χ0n) is 10.3. The number of benzene rings is 2. The topological polar surface area (TPSA) is 52.0 Å². The second-order valence-corrected chi connectivity index (χ2v) is 4.22. The van der Waals surface area contributed by atoms with Crippen LogP contribution in [0.3, 0.4) is 0 Å². The molecule has 3 nitrogen and oxygen atoms in total. The van der Waals surface area contributed by atoms with Gasteiger partial charge in [-0.2, -0.15) is 0 Å². The summed E-state index contributed by atoms with van der Waals surface area (Å²) in [5, 5.41) is 0. The van der Waals surface area contributed by atoms with E-state index < -0.39 is 11.6 Å². The highest BCUT2D eigenvalue weighted by Gasteiger charge is 2.19. The van der Waals surface area contributed by atoms with Gasteiger partial charge in [0.1, 0.15) is 11.4 Å². The van der Waals surface area contributed by atoms with Crippen molar-refractivity contribution in [2.45, 2.75) is 0 Å². The second-order valence-electron chi connectivity index (χ2n) is 4.22. The Labute approximate surface area is 113 Å². The summed E-state index contributed by atoms with van der Waals surface area (Å²) in [7, 11) is 0. The van der Waals surface area contributed by atoms with Crippen molar-refractivity contribution in [2.75, 3.05) is 5.73 Å². The molecule has 3 aromatic rings. The third kappa shape index (κ3) is 2.03. The van der Waals surface area contributed by atoms with Gasteiger partial charge in [0, 0.05) is 5.56 Å². The van der Waals surface area contributed by atoms with E-state index in [0.29, 0.717) is 5.76 Å². The summed E-state index contributed by atoms with van der Waals surface area (Å²) in [5.41, 5.74) is 5.70. The van der Waals surface area contributed by atoms with Gasteiger partial charge in [-0.05, 0) is 12.1 Å². The van der Waals surface area contributed by atoms with Gasteiger partial charge in [0.05, 0.1) is 11.9 Å². The Kier molecular flexibility index (Phi) is 2.95. The zero-order valence-corrected chi connectivity index (χ0v) is 10.3. The lowest BCUT2D eigenvalue weighted by Crippen LogP contribution is -1.96. The summed E-state index contributed by atoms with van der Waals surface area (Å²) in [5.74, 6) is -1.34. The molecule has 0 aliphatic rings. The first-order valence-electron chi connectivity index (χ1n) is 5.92. The molecule has 0 aliphatic carbocycles. The molecule has 2 N–H and O–H groups in total. The van der Waals surface area contributed by atoms with Crippen LogP contribution in [0.25, 0.3) is 22.8 Å². The van der Waals surface area contributed by atoms with E-state index in [1.807, 2.05) is 30.3 Å². The van der Waals surface area contributed by atoms with E-state index in [2.05, 4.69) is 4.98 Å². The van der Waals surface area contributed by atoms with E-state index in [1.165, 1.54) is 6.20 Å². The first-order chi connectivity index (χ1) is 9.66. The molecule has 2 aromatic carbocycles. The Balaban J connectivity index is 2.10. The maximum atomic E-state index is 13.9. The number of oxazole rings is 1. The Hall–Kier alpha value is -2.69. The molecule has 1 aromatic heterocycles. The molecule has 5 heteroatoms. The maximum Gasteiger partial charge on any atom is 0.232 e. The largest absolute Gasteiger partial charge is 0.436 e.